The number of methoxy groups -OCH3 is 1. The highest BCUT2D eigenvalue weighted by atomic mass is 79.9. The average molecular weight is 328 g/mol. The van der Waals surface area contributed by atoms with Crippen LogP contribution in [0.4, 0.5) is 0 Å². The summed E-state index contributed by atoms with van der Waals surface area (Å²) in [7, 11) is 1.63. The molecule has 4 heteroatoms. The van der Waals surface area contributed by atoms with Crippen LogP contribution in [-0.2, 0) is 0 Å². The van der Waals surface area contributed by atoms with E-state index in [0.717, 1.165) is 26.8 Å². The molecule has 0 aliphatic carbocycles. The van der Waals surface area contributed by atoms with Gasteiger partial charge in [-0.05, 0) is 52.3 Å². The summed E-state index contributed by atoms with van der Waals surface area (Å²) in [6, 6.07) is 15.3. The van der Waals surface area contributed by atoms with E-state index in [4.69, 9.17) is 9.15 Å². The number of ether oxygens (including phenoxy) is 1. The van der Waals surface area contributed by atoms with Crippen molar-refractivity contribution in [3.05, 3.63) is 52.5 Å². The van der Waals surface area contributed by atoms with Crippen molar-refractivity contribution in [2.45, 2.75) is 0 Å². The van der Waals surface area contributed by atoms with E-state index in [9.17, 15) is 5.26 Å². The zero-order valence-electron chi connectivity index (χ0n) is 10.7. The molecule has 1 aromatic heterocycles. The summed E-state index contributed by atoms with van der Waals surface area (Å²) < 4.78 is 11.8. The van der Waals surface area contributed by atoms with Gasteiger partial charge in [0.15, 0.2) is 0 Å². The highest BCUT2D eigenvalue weighted by Gasteiger charge is 2.13. The Morgan fingerprint density at radius 2 is 2.05 bits per heavy atom. The monoisotopic (exact) mass is 327 g/mol. The van der Waals surface area contributed by atoms with E-state index in [-0.39, 0.29) is 0 Å². The van der Waals surface area contributed by atoms with E-state index < -0.39 is 0 Å². The van der Waals surface area contributed by atoms with Gasteiger partial charge in [0.25, 0.3) is 0 Å². The van der Waals surface area contributed by atoms with Crippen LogP contribution in [0.5, 0.6) is 5.75 Å². The number of halogens is 1. The molecule has 0 unspecified atom stereocenters. The lowest BCUT2D eigenvalue weighted by Crippen LogP contribution is -1.83. The summed E-state index contributed by atoms with van der Waals surface area (Å²) in [4.78, 5) is 0. The summed E-state index contributed by atoms with van der Waals surface area (Å²) in [6.45, 7) is 0. The van der Waals surface area contributed by atoms with Gasteiger partial charge in [0.1, 0.15) is 23.2 Å². The van der Waals surface area contributed by atoms with E-state index in [1.54, 1.807) is 7.11 Å². The fourth-order valence-corrected chi connectivity index (χ4v) is 2.58. The Hall–Kier alpha value is -2.25. The lowest BCUT2D eigenvalue weighted by Gasteiger charge is -2.01. The van der Waals surface area contributed by atoms with Gasteiger partial charge in [-0.1, -0.05) is 6.07 Å². The third-order valence-corrected chi connectivity index (χ3v) is 3.78. The third kappa shape index (κ3) is 2.06. The number of fused-ring (bicyclic) bond motifs is 1. The Morgan fingerprint density at radius 3 is 2.80 bits per heavy atom. The van der Waals surface area contributed by atoms with Crippen LogP contribution in [-0.4, -0.2) is 7.11 Å². The molecule has 0 aliphatic heterocycles. The molecule has 0 saturated heterocycles. The van der Waals surface area contributed by atoms with Gasteiger partial charge in [-0.2, -0.15) is 5.26 Å². The Balaban J connectivity index is 2.21. The molecule has 0 N–H and O–H groups in total. The van der Waals surface area contributed by atoms with E-state index in [0.29, 0.717) is 11.3 Å². The highest BCUT2D eigenvalue weighted by Crippen LogP contribution is 2.34. The molecule has 0 spiro atoms. The fourth-order valence-electron chi connectivity index (χ4n) is 2.12. The summed E-state index contributed by atoms with van der Waals surface area (Å²) in [5.41, 5.74) is 2.11. The molecule has 0 amide bonds. The quantitative estimate of drug-likeness (QED) is 0.682. The first-order valence-corrected chi connectivity index (χ1v) is 6.79. The maximum atomic E-state index is 9.28. The van der Waals surface area contributed by atoms with Gasteiger partial charge >= 0.3 is 0 Å². The first-order valence-electron chi connectivity index (χ1n) is 5.99. The second kappa shape index (κ2) is 5.03. The summed E-state index contributed by atoms with van der Waals surface area (Å²) in [5.74, 6) is 1.45. The second-order valence-electron chi connectivity index (χ2n) is 4.29. The molecular weight excluding hydrogens is 318 g/mol. The van der Waals surface area contributed by atoms with Crippen molar-refractivity contribution < 1.29 is 9.15 Å². The summed E-state index contributed by atoms with van der Waals surface area (Å²) >= 11 is 3.39. The van der Waals surface area contributed by atoms with Gasteiger partial charge in [-0.3, -0.25) is 0 Å². The zero-order chi connectivity index (χ0) is 14.1. The summed E-state index contributed by atoms with van der Waals surface area (Å²) in [5, 5.41) is 10.2. The molecule has 2 aromatic carbocycles. The number of benzene rings is 2. The minimum absolute atomic E-state index is 0.568. The standard InChI is InChI=1S/C16H10BrNO2/c1-19-11-5-6-15-10(7-11)8-16(20-15)12-3-2-4-14(17)13(12)9-18/h2-8H,1H3. The normalized spacial score (nSPS) is 10.4. The van der Waals surface area contributed by atoms with Crippen LogP contribution in [0, 0.1) is 11.3 Å². The molecule has 0 radical (unpaired) electrons. The number of hydrogen-bond donors (Lipinski definition) is 0. The average Bonchev–Trinajstić information content (AvgIpc) is 2.89. The van der Waals surface area contributed by atoms with Gasteiger partial charge in [0.2, 0.25) is 0 Å². The molecular formula is C16H10BrNO2. The van der Waals surface area contributed by atoms with Crippen LogP contribution >= 0.6 is 15.9 Å². The van der Waals surface area contributed by atoms with Crippen molar-refractivity contribution in [2.75, 3.05) is 7.11 Å². The van der Waals surface area contributed by atoms with Crippen molar-refractivity contribution in [1.29, 1.82) is 5.26 Å². The first kappa shape index (κ1) is 12.8. The molecule has 0 aliphatic rings. The zero-order valence-corrected chi connectivity index (χ0v) is 12.3. The Morgan fingerprint density at radius 1 is 1.20 bits per heavy atom. The molecule has 3 nitrogen and oxygen atoms in total. The predicted molar refractivity (Wildman–Crippen MR) is 80.6 cm³/mol. The number of nitrogens with zero attached hydrogens (tertiary/aromatic N) is 1. The van der Waals surface area contributed by atoms with E-state index in [1.165, 1.54) is 0 Å². The van der Waals surface area contributed by atoms with Crippen molar-refractivity contribution in [3.8, 4) is 23.1 Å². The van der Waals surface area contributed by atoms with Crippen LogP contribution in [0.1, 0.15) is 5.56 Å². The molecule has 20 heavy (non-hydrogen) atoms. The number of hydrogen-bond acceptors (Lipinski definition) is 3. The molecule has 3 rings (SSSR count). The van der Waals surface area contributed by atoms with Crippen molar-refractivity contribution in [3.63, 3.8) is 0 Å². The number of rotatable bonds is 2. The van der Waals surface area contributed by atoms with Crippen molar-refractivity contribution in [1.82, 2.24) is 0 Å². The maximum Gasteiger partial charge on any atom is 0.136 e. The molecule has 0 bridgehead atoms. The third-order valence-electron chi connectivity index (χ3n) is 3.11. The van der Waals surface area contributed by atoms with Crippen LogP contribution in [0.25, 0.3) is 22.3 Å². The van der Waals surface area contributed by atoms with Gasteiger partial charge in [0.05, 0.1) is 12.7 Å². The fraction of sp³-hybridized carbons (Fsp3) is 0.0625. The van der Waals surface area contributed by atoms with Crippen LogP contribution in [0.15, 0.2) is 51.4 Å². The van der Waals surface area contributed by atoms with Gasteiger partial charge in [-0.25, -0.2) is 0 Å². The minimum atomic E-state index is 0.568. The second-order valence-corrected chi connectivity index (χ2v) is 5.14. The Kier molecular flexibility index (Phi) is 3.21. The smallest absolute Gasteiger partial charge is 0.136 e. The van der Waals surface area contributed by atoms with Gasteiger partial charge < -0.3 is 9.15 Å². The lowest BCUT2D eigenvalue weighted by molar-refractivity contribution is 0.415. The van der Waals surface area contributed by atoms with Crippen molar-refractivity contribution in [2.24, 2.45) is 0 Å². The first-order chi connectivity index (χ1) is 9.72. The Bertz CT molecular complexity index is 830. The topological polar surface area (TPSA) is 46.2 Å². The van der Waals surface area contributed by atoms with E-state index >= 15 is 0 Å². The molecule has 0 fully saturated rings. The summed E-state index contributed by atoms with van der Waals surface area (Å²) in [6.07, 6.45) is 0. The molecule has 0 saturated carbocycles. The number of nitriles is 1. The Labute approximate surface area is 124 Å². The maximum absolute atomic E-state index is 9.28. The van der Waals surface area contributed by atoms with Crippen LogP contribution in [0.3, 0.4) is 0 Å². The minimum Gasteiger partial charge on any atom is -0.497 e. The lowest BCUT2D eigenvalue weighted by atomic mass is 10.1. The van der Waals surface area contributed by atoms with Crippen LogP contribution in [0.2, 0.25) is 0 Å². The van der Waals surface area contributed by atoms with Gasteiger partial charge in [-0.15, -0.1) is 0 Å². The van der Waals surface area contributed by atoms with Crippen LogP contribution < -0.4 is 4.74 Å². The van der Waals surface area contributed by atoms with E-state index in [1.807, 2.05) is 42.5 Å². The molecule has 3 aromatic rings. The number of furan rings is 1. The predicted octanol–water partition coefficient (Wildman–Crippen LogP) is 4.74. The molecule has 98 valence electrons. The largest absolute Gasteiger partial charge is 0.497 e. The highest BCUT2D eigenvalue weighted by molar-refractivity contribution is 9.10. The molecule has 0 atom stereocenters. The van der Waals surface area contributed by atoms with E-state index in [2.05, 4.69) is 22.0 Å². The van der Waals surface area contributed by atoms with Gasteiger partial charge in [0, 0.05) is 15.4 Å². The SMILES string of the molecule is COc1ccc2oc(-c3cccc(Br)c3C#N)cc2c1. The van der Waals surface area contributed by atoms with Crippen molar-refractivity contribution >= 4 is 26.9 Å². The molecule has 1 heterocycles.